The lowest BCUT2D eigenvalue weighted by molar-refractivity contribution is -0.286. The Morgan fingerprint density at radius 3 is 2.79 bits per heavy atom. The van der Waals surface area contributed by atoms with Crippen molar-refractivity contribution in [2.45, 2.75) is 32.5 Å². The van der Waals surface area contributed by atoms with E-state index in [1.165, 1.54) is 23.4 Å². The van der Waals surface area contributed by atoms with Gasteiger partial charge in [0.15, 0.2) is 23.0 Å². The van der Waals surface area contributed by atoms with Crippen LogP contribution in [0.3, 0.4) is 0 Å². The van der Waals surface area contributed by atoms with E-state index in [1.807, 2.05) is 0 Å². The van der Waals surface area contributed by atoms with Gasteiger partial charge in [-0.2, -0.15) is 4.52 Å². The van der Waals surface area contributed by atoms with Crippen LogP contribution in [0.4, 0.5) is 14.7 Å². The Labute approximate surface area is 159 Å². The maximum Gasteiger partial charge on any atom is 0.586 e. The number of nitrogen functional groups attached to an aromatic ring is 1. The van der Waals surface area contributed by atoms with Gasteiger partial charge in [0.1, 0.15) is 5.52 Å². The molecule has 0 saturated carbocycles. The summed E-state index contributed by atoms with van der Waals surface area (Å²) in [6.07, 6.45) is -0.626. The number of nitrogens with zero attached hydrogens (tertiary/aromatic N) is 5. The van der Waals surface area contributed by atoms with E-state index in [4.69, 9.17) is 5.73 Å². The molecule has 1 saturated heterocycles. The minimum atomic E-state index is -3.72. The maximum atomic E-state index is 13.4. The zero-order valence-corrected chi connectivity index (χ0v) is 15.4. The number of hydrogen-bond donors (Lipinski definition) is 1. The Morgan fingerprint density at radius 1 is 1.21 bits per heavy atom. The van der Waals surface area contributed by atoms with Gasteiger partial charge in [-0.05, 0) is 44.0 Å². The van der Waals surface area contributed by atoms with E-state index < -0.39 is 6.29 Å². The molecule has 3 aromatic rings. The molecule has 0 amide bonds. The predicted molar refractivity (Wildman–Crippen MR) is 97.4 cm³/mol. The van der Waals surface area contributed by atoms with Crippen molar-refractivity contribution in [1.29, 1.82) is 0 Å². The molecular formula is C18H20F2N6O2. The van der Waals surface area contributed by atoms with Crippen LogP contribution >= 0.6 is 0 Å². The summed E-state index contributed by atoms with van der Waals surface area (Å²) in [5, 5.41) is 4.98. The molecule has 4 heterocycles. The molecule has 8 nitrogen and oxygen atoms in total. The van der Waals surface area contributed by atoms with Crippen LogP contribution in [0.5, 0.6) is 11.5 Å². The molecule has 0 aliphatic carbocycles. The summed E-state index contributed by atoms with van der Waals surface area (Å²) in [4.78, 5) is 11.2. The van der Waals surface area contributed by atoms with Crippen LogP contribution in [0.2, 0.25) is 0 Å². The number of anilines is 1. The third kappa shape index (κ3) is 2.88. The summed E-state index contributed by atoms with van der Waals surface area (Å²) in [6, 6.07) is 3.03. The fourth-order valence-electron chi connectivity index (χ4n) is 3.79. The van der Waals surface area contributed by atoms with E-state index in [-0.39, 0.29) is 23.0 Å². The van der Waals surface area contributed by atoms with Gasteiger partial charge in [-0.1, -0.05) is 6.92 Å². The van der Waals surface area contributed by atoms with Gasteiger partial charge < -0.3 is 20.1 Å². The summed E-state index contributed by atoms with van der Waals surface area (Å²) in [5.41, 5.74) is 6.65. The van der Waals surface area contributed by atoms with Crippen LogP contribution < -0.4 is 15.2 Å². The summed E-state index contributed by atoms with van der Waals surface area (Å²) in [5.74, 6) is 1.27. The Bertz CT molecular complexity index is 1060. The Balaban J connectivity index is 1.48. The van der Waals surface area contributed by atoms with Gasteiger partial charge in [0.25, 0.3) is 0 Å². The van der Waals surface area contributed by atoms with E-state index in [0.29, 0.717) is 23.3 Å². The van der Waals surface area contributed by atoms with Crippen LogP contribution in [0.15, 0.2) is 12.1 Å². The lowest BCUT2D eigenvalue weighted by Crippen LogP contribution is -2.34. The first-order valence-electron chi connectivity index (χ1n) is 9.36. The molecule has 2 aliphatic heterocycles. The molecule has 0 spiro atoms. The number of rotatable bonds is 3. The number of ether oxygens (including phenoxy) is 2. The van der Waals surface area contributed by atoms with E-state index in [9.17, 15) is 8.78 Å². The van der Waals surface area contributed by atoms with E-state index >= 15 is 0 Å². The molecule has 10 heteroatoms. The highest BCUT2D eigenvalue weighted by molar-refractivity contribution is 5.97. The predicted octanol–water partition coefficient (Wildman–Crippen LogP) is 2.46. The van der Waals surface area contributed by atoms with Crippen molar-refractivity contribution in [3.05, 3.63) is 18.0 Å². The summed E-state index contributed by atoms with van der Waals surface area (Å²) < 4.78 is 37.4. The van der Waals surface area contributed by atoms with Gasteiger partial charge in [0.2, 0.25) is 5.95 Å². The van der Waals surface area contributed by atoms with Crippen molar-refractivity contribution in [1.82, 2.24) is 24.5 Å². The van der Waals surface area contributed by atoms with Crippen LogP contribution in [0.25, 0.3) is 16.6 Å². The smallest absolute Gasteiger partial charge is 0.395 e. The molecule has 2 aliphatic rings. The van der Waals surface area contributed by atoms with Crippen LogP contribution in [-0.4, -0.2) is 50.4 Å². The first-order chi connectivity index (χ1) is 13.4. The third-order valence-electron chi connectivity index (χ3n) is 5.41. The van der Waals surface area contributed by atoms with Crippen LogP contribution in [0.1, 0.15) is 25.6 Å². The van der Waals surface area contributed by atoms with Crippen molar-refractivity contribution in [2.24, 2.45) is 5.92 Å². The van der Waals surface area contributed by atoms with Gasteiger partial charge in [0.05, 0.1) is 0 Å². The zero-order chi connectivity index (χ0) is 19.5. The highest BCUT2D eigenvalue weighted by Crippen LogP contribution is 2.45. The Morgan fingerprint density at radius 2 is 2.00 bits per heavy atom. The first kappa shape index (κ1) is 17.4. The average molecular weight is 390 g/mol. The van der Waals surface area contributed by atoms with Crippen molar-refractivity contribution in [3.63, 3.8) is 0 Å². The minimum Gasteiger partial charge on any atom is -0.395 e. The molecule has 0 radical (unpaired) electrons. The maximum absolute atomic E-state index is 13.4. The fourth-order valence-corrected chi connectivity index (χ4v) is 3.79. The summed E-state index contributed by atoms with van der Waals surface area (Å²) in [6.45, 7) is 5.31. The summed E-state index contributed by atoms with van der Waals surface area (Å²) >= 11 is 0. The highest BCUT2D eigenvalue weighted by atomic mass is 19.3. The van der Waals surface area contributed by atoms with Gasteiger partial charge >= 0.3 is 6.29 Å². The molecule has 1 fully saturated rings. The Hall–Kier alpha value is -2.75. The second kappa shape index (κ2) is 6.13. The van der Waals surface area contributed by atoms with Gasteiger partial charge in [-0.25, -0.2) is 9.97 Å². The number of benzene rings is 1. The Kier molecular flexibility index (Phi) is 3.80. The van der Waals surface area contributed by atoms with Crippen molar-refractivity contribution < 1.29 is 18.3 Å². The highest BCUT2D eigenvalue weighted by Gasteiger charge is 2.44. The number of fused-ring (bicyclic) bond motifs is 5. The quantitative estimate of drug-likeness (QED) is 0.735. The van der Waals surface area contributed by atoms with Crippen molar-refractivity contribution in [3.8, 4) is 11.5 Å². The molecule has 5 rings (SSSR count). The van der Waals surface area contributed by atoms with Crippen molar-refractivity contribution in [2.75, 3.05) is 25.4 Å². The zero-order valence-electron chi connectivity index (χ0n) is 15.4. The molecule has 2 N–H and O–H groups in total. The molecule has 1 aromatic carbocycles. The van der Waals surface area contributed by atoms with Crippen molar-refractivity contribution >= 4 is 22.5 Å². The molecule has 0 unspecified atom stereocenters. The molecule has 0 atom stereocenters. The van der Waals surface area contributed by atoms with E-state index in [0.717, 1.165) is 25.6 Å². The minimum absolute atomic E-state index is 0.0558. The lowest BCUT2D eigenvalue weighted by Gasteiger charge is -2.29. The molecule has 28 heavy (non-hydrogen) atoms. The average Bonchev–Trinajstić information content (AvgIpc) is 3.21. The van der Waals surface area contributed by atoms with E-state index in [1.54, 1.807) is 6.07 Å². The monoisotopic (exact) mass is 390 g/mol. The normalized spacial score (nSPS) is 19.7. The number of nitrogens with two attached hydrogens (primary N) is 1. The summed E-state index contributed by atoms with van der Waals surface area (Å²) in [7, 11) is 0. The largest absolute Gasteiger partial charge is 0.586 e. The standard InChI is InChI=1S/C18H20F2N6O2/c1-10-4-7-25(8-5-10)9-6-13-22-16-11-2-3-12-15(28-18(19,20)27-12)14(11)23-17(21)26(16)24-13/h2-3,10H,4-9H2,1H3,(H2,21,23). The molecule has 2 aromatic heterocycles. The number of likely N-dealkylation sites (tertiary alicyclic amines) is 1. The third-order valence-corrected chi connectivity index (χ3v) is 5.41. The lowest BCUT2D eigenvalue weighted by atomic mass is 9.99. The first-order valence-corrected chi connectivity index (χ1v) is 9.36. The van der Waals surface area contributed by atoms with Crippen LogP contribution in [-0.2, 0) is 6.42 Å². The number of halogens is 2. The number of alkyl halides is 2. The van der Waals surface area contributed by atoms with Crippen LogP contribution in [0, 0.1) is 5.92 Å². The van der Waals surface area contributed by atoms with E-state index in [2.05, 4.69) is 36.4 Å². The number of piperidine rings is 1. The van der Waals surface area contributed by atoms with Gasteiger partial charge in [-0.3, -0.25) is 0 Å². The number of aromatic nitrogens is 4. The molecule has 148 valence electrons. The second-order valence-corrected chi connectivity index (χ2v) is 7.46. The van der Waals surface area contributed by atoms with Gasteiger partial charge in [-0.15, -0.1) is 13.9 Å². The second-order valence-electron chi connectivity index (χ2n) is 7.46. The number of hydrogen-bond acceptors (Lipinski definition) is 7. The fraction of sp³-hybridized carbons (Fsp3) is 0.500. The SMILES string of the molecule is CC1CCN(CCc2nc3c4ccc5c(c4nc(N)n3n2)OC(F)(F)O5)CC1. The molecular weight excluding hydrogens is 370 g/mol. The molecule has 0 bridgehead atoms. The topological polar surface area (TPSA) is 90.8 Å². The van der Waals surface area contributed by atoms with Gasteiger partial charge in [0, 0.05) is 18.4 Å².